The molecular formula is C25H26FN5O2. The lowest BCUT2D eigenvalue weighted by Crippen LogP contribution is -2.53. The van der Waals surface area contributed by atoms with Crippen molar-refractivity contribution in [3.63, 3.8) is 0 Å². The van der Waals surface area contributed by atoms with Gasteiger partial charge in [-0.25, -0.2) is 4.39 Å². The lowest BCUT2D eigenvalue weighted by molar-refractivity contribution is -0.118. The van der Waals surface area contributed by atoms with Crippen LogP contribution in [-0.2, 0) is 4.79 Å². The van der Waals surface area contributed by atoms with Crippen molar-refractivity contribution in [1.29, 1.82) is 5.26 Å². The van der Waals surface area contributed by atoms with Crippen molar-refractivity contribution in [2.75, 3.05) is 18.9 Å². The van der Waals surface area contributed by atoms with Gasteiger partial charge in [0.15, 0.2) is 0 Å². The Morgan fingerprint density at radius 1 is 1.33 bits per heavy atom. The van der Waals surface area contributed by atoms with E-state index in [1.807, 2.05) is 19.9 Å². The Hall–Kier alpha value is -3.99. The Kier molecular flexibility index (Phi) is 7.23. The first kappa shape index (κ1) is 23.7. The first-order valence-corrected chi connectivity index (χ1v) is 10.6. The van der Waals surface area contributed by atoms with Gasteiger partial charge >= 0.3 is 0 Å². The molecule has 0 aromatic heterocycles. The number of fused-ring (bicyclic) bond motifs is 1. The van der Waals surface area contributed by atoms with Crippen molar-refractivity contribution < 1.29 is 14.0 Å². The molecule has 8 heteroatoms. The summed E-state index contributed by atoms with van der Waals surface area (Å²) in [4.78, 5) is 32.8. The summed E-state index contributed by atoms with van der Waals surface area (Å²) >= 11 is 0. The Labute approximate surface area is 192 Å². The molecular weight excluding hydrogens is 421 g/mol. The second-order valence-electron chi connectivity index (χ2n) is 8.24. The van der Waals surface area contributed by atoms with E-state index in [4.69, 9.17) is 11.0 Å². The molecule has 170 valence electrons. The molecule has 0 saturated heterocycles. The number of benzene rings is 2. The van der Waals surface area contributed by atoms with Crippen LogP contribution in [0.25, 0.3) is 0 Å². The van der Waals surface area contributed by atoms with Gasteiger partial charge in [0.25, 0.3) is 5.91 Å². The number of hydrogen-bond acceptors (Lipinski definition) is 5. The Bertz CT molecular complexity index is 1170. The molecule has 0 unspecified atom stereocenters. The van der Waals surface area contributed by atoms with Gasteiger partial charge in [0, 0.05) is 42.8 Å². The summed E-state index contributed by atoms with van der Waals surface area (Å²) in [6.07, 6.45) is 2.89. The maximum Gasteiger partial charge on any atom is 0.254 e. The lowest BCUT2D eigenvalue weighted by atomic mass is 9.78. The largest absolute Gasteiger partial charge is 0.404 e. The highest BCUT2D eigenvalue weighted by atomic mass is 19.1. The van der Waals surface area contributed by atoms with E-state index in [1.165, 1.54) is 18.5 Å². The van der Waals surface area contributed by atoms with E-state index in [2.05, 4.69) is 10.3 Å². The van der Waals surface area contributed by atoms with Crippen LogP contribution in [0.5, 0.6) is 0 Å². The fraction of sp³-hybridized carbons (Fsp3) is 0.280. The average molecular weight is 448 g/mol. The van der Waals surface area contributed by atoms with Gasteiger partial charge in [0.05, 0.1) is 23.6 Å². The number of nitrogens with one attached hydrogen (secondary N) is 1. The molecule has 0 aliphatic carbocycles. The number of amides is 2. The number of carbonyl (C=O) groups is 2. The number of nitrogens with zero attached hydrogens (tertiary/aromatic N) is 3. The van der Waals surface area contributed by atoms with E-state index < -0.39 is 23.7 Å². The Morgan fingerprint density at radius 2 is 2.06 bits per heavy atom. The minimum atomic E-state index is -0.834. The van der Waals surface area contributed by atoms with E-state index in [0.717, 1.165) is 12.1 Å². The van der Waals surface area contributed by atoms with Crippen molar-refractivity contribution in [3.05, 3.63) is 76.7 Å². The molecule has 7 nitrogen and oxygen atoms in total. The maximum atomic E-state index is 14.0. The summed E-state index contributed by atoms with van der Waals surface area (Å²) in [6.45, 7) is 4.36. The zero-order chi connectivity index (χ0) is 24.1. The van der Waals surface area contributed by atoms with Crippen LogP contribution in [0, 0.1) is 23.1 Å². The second-order valence-corrected chi connectivity index (χ2v) is 8.24. The van der Waals surface area contributed by atoms with Gasteiger partial charge in [0.1, 0.15) is 5.82 Å². The molecule has 0 bridgehead atoms. The zero-order valence-electron chi connectivity index (χ0n) is 18.7. The van der Waals surface area contributed by atoms with Crippen LogP contribution in [-0.4, -0.2) is 42.6 Å². The van der Waals surface area contributed by atoms with E-state index in [1.54, 1.807) is 36.2 Å². The molecule has 1 aliphatic heterocycles. The van der Waals surface area contributed by atoms with Gasteiger partial charge in [-0.1, -0.05) is 32.0 Å². The molecule has 2 aromatic rings. The molecule has 0 radical (unpaired) electrons. The van der Waals surface area contributed by atoms with Crippen LogP contribution >= 0.6 is 0 Å². The quantitative estimate of drug-likeness (QED) is 0.661. The van der Waals surface area contributed by atoms with Crippen molar-refractivity contribution >= 4 is 23.7 Å². The summed E-state index contributed by atoms with van der Waals surface area (Å²) < 4.78 is 14.0. The third-order valence-electron chi connectivity index (χ3n) is 5.39. The van der Waals surface area contributed by atoms with Gasteiger partial charge in [-0.2, -0.15) is 5.26 Å². The normalized spacial score (nSPS) is 18.4. The predicted octanol–water partition coefficient (Wildman–Crippen LogP) is 3.44. The molecule has 33 heavy (non-hydrogen) atoms. The molecule has 0 spiro atoms. The van der Waals surface area contributed by atoms with Crippen LogP contribution < -0.4 is 11.1 Å². The van der Waals surface area contributed by atoms with Crippen molar-refractivity contribution in [2.45, 2.75) is 25.8 Å². The summed E-state index contributed by atoms with van der Waals surface area (Å²) in [5.41, 5.74) is 7.64. The molecule has 0 saturated carbocycles. The van der Waals surface area contributed by atoms with E-state index in [-0.39, 0.29) is 23.1 Å². The monoisotopic (exact) mass is 447 g/mol. The highest BCUT2D eigenvalue weighted by Gasteiger charge is 2.44. The number of rotatable bonds is 6. The predicted molar refractivity (Wildman–Crippen MR) is 125 cm³/mol. The topological polar surface area (TPSA) is 112 Å². The molecule has 0 fully saturated rings. The highest BCUT2D eigenvalue weighted by molar-refractivity contribution is 6.06. The van der Waals surface area contributed by atoms with Crippen LogP contribution in [0.3, 0.4) is 0 Å². The van der Waals surface area contributed by atoms with Gasteiger partial charge in [-0.05, 0) is 35.7 Å². The van der Waals surface area contributed by atoms with Gasteiger partial charge in [0.2, 0.25) is 5.91 Å². The lowest BCUT2D eigenvalue weighted by Gasteiger charge is -2.42. The van der Waals surface area contributed by atoms with Gasteiger partial charge in [-0.15, -0.1) is 0 Å². The maximum absolute atomic E-state index is 14.0. The summed E-state index contributed by atoms with van der Waals surface area (Å²) in [5, 5.41) is 11.9. The standard InChI is InChI=1S/C25H26FN5O2/c1-15(2)14-31-23(17(12-28)13-29-3)22(20-6-4-5-7-21(20)25(31)33)24(32)30-19-9-16(11-27)8-18(26)10-19/h4-10,12-13,15,22-23H,14,28H2,1-3H3,(H,30,32)/t22-,23+/m1/s1. The molecule has 2 atom stereocenters. The first-order valence-electron chi connectivity index (χ1n) is 10.6. The third kappa shape index (κ3) is 4.93. The van der Waals surface area contributed by atoms with Crippen LogP contribution in [0.15, 0.2) is 59.2 Å². The van der Waals surface area contributed by atoms with Crippen LogP contribution in [0.2, 0.25) is 0 Å². The average Bonchev–Trinajstić information content (AvgIpc) is 2.78. The highest BCUT2D eigenvalue weighted by Crippen LogP contribution is 2.37. The van der Waals surface area contributed by atoms with Crippen LogP contribution in [0.1, 0.15) is 41.3 Å². The molecule has 3 N–H and O–H groups in total. The van der Waals surface area contributed by atoms with Crippen molar-refractivity contribution in [2.24, 2.45) is 16.6 Å². The Balaban J connectivity index is 2.16. The smallest absolute Gasteiger partial charge is 0.254 e. The number of nitriles is 1. The molecule has 1 heterocycles. The number of aliphatic imine (C=N–C) groups is 1. The zero-order valence-corrected chi connectivity index (χ0v) is 18.7. The first-order chi connectivity index (χ1) is 15.8. The third-order valence-corrected chi connectivity index (χ3v) is 5.39. The fourth-order valence-electron chi connectivity index (χ4n) is 4.15. The number of halogens is 1. The number of nitrogens with two attached hydrogens (primary N) is 1. The van der Waals surface area contributed by atoms with Crippen LogP contribution in [0.4, 0.5) is 10.1 Å². The van der Waals surface area contributed by atoms with Crippen molar-refractivity contribution in [3.8, 4) is 6.07 Å². The number of hydrogen-bond donors (Lipinski definition) is 2. The summed E-state index contributed by atoms with van der Waals surface area (Å²) in [7, 11) is 1.58. The summed E-state index contributed by atoms with van der Waals surface area (Å²) in [6, 6.07) is 11.7. The summed E-state index contributed by atoms with van der Waals surface area (Å²) in [5.74, 6) is -1.99. The van der Waals surface area contributed by atoms with Gasteiger partial charge in [-0.3, -0.25) is 14.6 Å². The number of carbonyl (C=O) groups excluding carboxylic acids is 2. The van der Waals surface area contributed by atoms with E-state index in [0.29, 0.717) is 23.2 Å². The fourth-order valence-corrected chi connectivity index (χ4v) is 4.15. The van der Waals surface area contributed by atoms with Gasteiger partial charge < -0.3 is 16.0 Å². The SMILES string of the molecule is CN=CC(=CN)[C@H]1[C@H](C(=O)Nc2cc(F)cc(C#N)c2)c2ccccc2C(=O)N1CC(C)C. The van der Waals surface area contributed by atoms with Crippen molar-refractivity contribution in [1.82, 2.24) is 4.90 Å². The number of anilines is 1. The van der Waals surface area contributed by atoms with E-state index in [9.17, 15) is 14.0 Å². The molecule has 2 amide bonds. The van der Waals surface area contributed by atoms with E-state index >= 15 is 0 Å². The molecule has 3 rings (SSSR count). The minimum Gasteiger partial charge on any atom is -0.404 e. The molecule has 1 aliphatic rings. The second kappa shape index (κ2) is 10.1. The minimum absolute atomic E-state index is 0.0863. The Morgan fingerprint density at radius 3 is 2.70 bits per heavy atom. The molecule has 2 aromatic carbocycles.